The Kier molecular flexibility index (Phi) is 4.32. The Balaban J connectivity index is 1.94. The molecule has 2 aromatic heterocycles. The highest BCUT2D eigenvalue weighted by molar-refractivity contribution is 6.58. The Morgan fingerprint density at radius 2 is 2.16 bits per heavy atom. The molecule has 19 heavy (non-hydrogen) atoms. The molecule has 0 spiro atoms. The summed E-state index contributed by atoms with van der Waals surface area (Å²) in [7, 11) is -1.58. The van der Waals surface area contributed by atoms with Crippen LogP contribution in [0.1, 0.15) is 0 Å². The van der Waals surface area contributed by atoms with Crippen molar-refractivity contribution in [2.24, 2.45) is 0 Å². The van der Waals surface area contributed by atoms with Gasteiger partial charge in [0.2, 0.25) is 0 Å². The number of pyridine rings is 2. The average molecular weight is 260 g/mol. The van der Waals surface area contributed by atoms with E-state index in [9.17, 15) is 4.79 Å². The van der Waals surface area contributed by atoms with Gasteiger partial charge in [0.05, 0.1) is 12.7 Å². The van der Waals surface area contributed by atoms with Crippen molar-refractivity contribution in [1.29, 1.82) is 0 Å². The van der Waals surface area contributed by atoms with Gasteiger partial charge in [-0.15, -0.1) is 0 Å². The normalized spacial score (nSPS) is 10.2. The summed E-state index contributed by atoms with van der Waals surface area (Å²) in [4.78, 5) is 15.3. The van der Waals surface area contributed by atoms with Crippen LogP contribution in [-0.4, -0.2) is 33.3 Å². The van der Waals surface area contributed by atoms with Gasteiger partial charge in [0, 0.05) is 23.9 Å². The molecular weight excluding hydrogens is 247 g/mol. The van der Waals surface area contributed by atoms with Crippen LogP contribution in [0.25, 0.3) is 0 Å². The lowest BCUT2D eigenvalue weighted by Crippen LogP contribution is -2.30. The van der Waals surface area contributed by atoms with E-state index in [0.29, 0.717) is 12.3 Å². The molecule has 2 aromatic rings. The summed E-state index contributed by atoms with van der Waals surface area (Å²) < 4.78 is 6.94. The third-order valence-electron chi connectivity index (χ3n) is 2.53. The summed E-state index contributed by atoms with van der Waals surface area (Å²) >= 11 is 0. The monoisotopic (exact) mass is 260 g/mol. The second-order valence-electron chi connectivity index (χ2n) is 3.91. The first-order valence-corrected chi connectivity index (χ1v) is 5.76. The van der Waals surface area contributed by atoms with E-state index in [4.69, 9.17) is 14.8 Å². The first-order valence-electron chi connectivity index (χ1n) is 5.76. The molecule has 0 saturated heterocycles. The molecular formula is C12H13BN2O4. The smallest absolute Gasteiger partial charge is 0.490 e. The lowest BCUT2D eigenvalue weighted by atomic mass is 9.82. The maximum Gasteiger partial charge on any atom is 0.490 e. The Morgan fingerprint density at radius 3 is 2.89 bits per heavy atom. The number of ether oxygens (including phenoxy) is 1. The van der Waals surface area contributed by atoms with Gasteiger partial charge in [-0.2, -0.15) is 0 Å². The Bertz CT molecular complexity index is 600. The number of rotatable bonds is 5. The maximum atomic E-state index is 11.4. The van der Waals surface area contributed by atoms with Crippen molar-refractivity contribution < 1.29 is 14.8 Å². The first-order chi connectivity index (χ1) is 9.16. The van der Waals surface area contributed by atoms with E-state index in [-0.39, 0.29) is 17.6 Å². The fourth-order valence-corrected chi connectivity index (χ4v) is 1.56. The predicted molar refractivity (Wildman–Crippen MR) is 70.3 cm³/mol. The van der Waals surface area contributed by atoms with Gasteiger partial charge in [0.15, 0.2) is 0 Å². The van der Waals surface area contributed by atoms with Crippen LogP contribution in [0, 0.1) is 0 Å². The van der Waals surface area contributed by atoms with E-state index in [1.807, 2.05) is 0 Å². The summed E-state index contributed by atoms with van der Waals surface area (Å²) in [5.74, 6) is 0.426. The van der Waals surface area contributed by atoms with Gasteiger partial charge in [-0.05, 0) is 12.1 Å². The molecule has 6 nitrogen and oxygen atoms in total. The SMILES string of the molecule is O=c1ccccn1CCOc1cncc(B(O)O)c1. The predicted octanol–water partition coefficient (Wildman–Crippen LogP) is -0.998. The minimum Gasteiger partial charge on any atom is -0.490 e. The molecule has 0 saturated carbocycles. The second-order valence-corrected chi connectivity index (χ2v) is 3.91. The van der Waals surface area contributed by atoms with Gasteiger partial charge in [-0.3, -0.25) is 9.78 Å². The lowest BCUT2D eigenvalue weighted by Gasteiger charge is -2.08. The van der Waals surface area contributed by atoms with Crippen LogP contribution < -0.4 is 15.8 Å². The van der Waals surface area contributed by atoms with E-state index in [1.54, 1.807) is 18.3 Å². The molecule has 0 atom stereocenters. The summed E-state index contributed by atoms with van der Waals surface area (Å²) in [6.45, 7) is 0.697. The van der Waals surface area contributed by atoms with Crippen molar-refractivity contribution in [1.82, 2.24) is 9.55 Å². The number of aromatic nitrogens is 2. The van der Waals surface area contributed by atoms with Crippen molar-refractivity contribution in [3.8, 4) is 5.75 Å². The molecule has 2 heterocycles. The summed E-state index contributed by atoms with van der Waals surface area (Å²) in [5.41, 5.74) is 0.165. The van der Waals surface area contributed by atoms with Gasteiger partial charge in [-0.1, -0.05) is 6.07 Å². The van der Waals surface area contributed by atoms with E-state index in [0.717, 1.165) is 0 Å². The van der Waals surface area contributed by atoms with Crippen LogP contribution in [-0.2, 0) is 6.54 Å². The third-order valence-corrected chi connectivity index (χ3v) is 2.53. The Labute approximate surface area is 110 Å². The average Bonchev–Trinajstić information content (AvgIpc) is 2.41. The van der Waals surface area contributed by atoms with Gasteiger partial charge < -0.3 is 19.4 Å². The molecule has 0 amide bonds. The van der Waals surface area contributed by atoms with Crippen LogP contribution in [0.15, 0.2) is 47.7 Å². The Morgan fingerprint density at radius 1 is 1.32 bits per heavy atom. The minimum atomic E-state index is -1.58. The molecule has 7 heteroatoms. The first kappa shape index (κ1) is 13.3. The zero-order valence-corrected chi connectivity index (χ0v) is 10.1. The molecule has 98 valence electrons. The van der Waals surface area contributed by atoms with Gasteiger partial charge in [-0.25, -0.2) is 0 Å². The summed E-state index contributed by atoms with van der Waals surface area (Å²) in [6, 6.07) is 6.41. The van der Waals surface area contributed by atoms with Gasteiger partial charge in [0.25, 0.3) is 5.56 Å². The Hall–Kier alpha value is -2.12. The molecule has 0 aliphatic heterocycles. The standard InChI is InChI=1S/C12H13BN2O4/c16-12-3-1-2-4-15(12)5-6-19-11-7-10(13(17)18)8-14-9-11/h1-4,7-9,17-18H,5-6H2. The van der Waals surface area contributed by atoms with Crippen LogP contribution in [0.2, 0.25) is 0 Å². The third kappa shape index (κ3) is 3.67. The number of hydrogen-bond acceptors (Lipinski definition) is 5. The van der Waals surface area contributed by atoms with E-state index < -0.39 is 7.12 Å². The molecule has 0 aromatic carbocycles. The van der Waals surface area contributed by atoms with E-state index in [1.165, 1.54) is 29.1 Å². The van der Waals surface area contributed by atoms with Crippen LogP contribution >= 0.6 is 0 Å². The van der Waals surface area contributed by atoms with Gasteiger partial charge in [0.1, 0.15) is 12.4 Å². The highest BCUT2D eigenvalue weighted by atomic mass is 16.5. The zero-order valence-electron chi connectivity index (χ0n) is 10.1. The minimum absolute atomic E-state index is 0.0937. The molecule has 0 fully saturated rings. The summed E-state index contributed by atoms with van der Waals surface area (Å²) in [6.07, 6.45) is 4.50. The van der Waals surface area contributed by atoms with Crippen molar-refractivity contribution in [3.05, 3.63) is 53.2 Å². The van der Waals surface area contributed by atoms with Crippen LogP contribution in [0.5, 0.6) is 5.75 Å². The largest absolute Gasteiger partial charge is 0.490 e. The molecule has 0 unspecified atom stereocenters. The van der Waals surface area contributed by atoms with Crippen molar-refractivity contribution in [2.45, 2.75) is 6.54 Å². The number of hydrogen-bond donors (Lipinski definition) is 2. The zero-order chi connectivity index (χ0) is 13.7. The highest BCUT2D eigenvalue weighted by Gasteiger charge is 2.11. The van der Waals surface area contributed by atoms with Crippen molar-refractivity contribution in [3.63, 3.8) is 0 Å². The quantitative estimate of drug-likeness (QED) is 0.674. The fraction of sp³-hybridized carbons (Fsp3) is 0.167. The number of nitrogens with zero attached hydrogens (tertiary/aromatic N) is 2. The van der Waals surface area contributed by atoms with Crippen molar-refractivity contribution >= 4 is 12.6 Å². The summed E-state index contributed by atoms with van der Waals surface area (Å²) in [5, 5.41) is 18.0. The van der Waals surface area contributed by atoms with E-state index >= 15 is 0 Å². The lowest BCUT2D eigenvalue weighted by molar-refractivity contribution is 0.295. The molecule has 0 aliphatic rings. The second kappa shape index (κ2) is 6.17. The molecule has 2 N–H and O–H groups in total. The topological polar surface area (TPSA) is 84.6 Å². The molecule has 0 radical (unpaired) electrons. The van der Waals surface area contributed by atoms with Crippen LogP contribution in [0.3, 0.4) is 0 Å². The highest BCUT2D eigenvalue weighted by Crippen LogP contribution is 2.05. The van der Waals surface area contributed by atoms with Crippen molar-refractivity contribution in [2.75, 3.05) is 6.61 Å². The van der Waals surface area contributed by atoms with Gasteiger partial charge >= 0.3 is 7.12 Å². The molecule has 0 bridgehead atoms. The molecule has 2 rings (SSSR count). The fourth-order valence-electron chi connectivity index (χ4n) is 1.56. The maximum absolute atomic E-state index is 11.4. The van der Waals surface area contributed by atoms with Crippen LogP contribution in [0.4, 0.5) is 0 Å². The van der Waals surface area contributed by atoms with E-state index in [2.05, 4.69) is 4.98 Å². The molecule has 0 aliphatic carbocycles.